The molecular formula is C16H20FN3O. The van der Waals surface area contributed by atoms with E-state index in [9.17, 15) is 9.50 Å². The maximum absolute atomic E-state index is 13.3. The average molecular weight is 289 g/mol. The molecule has 0 aliphatic rings. The largest absolute Gasteiger partial charge is 0.395 e. The molecule has 1 N–H and O–H groups in total. The Morgan fingerprint density at radius 1 is 1.29 bits per heavy atom. The van der Waals surface area contributed by atoms with Gasteiger partial charge in [-0.05, 0) is 12.1 Å². The molecule has 0 aliphatic heterocycles. The van der Waals surface area contributed by atoms with E-state index >= 15 is 0 Å². The summed E-state index contributed by atoms with van der Waals surface area (Å²) in [4.78, 5) is 6.61. The number of hydrogen-bond acceptors (Lipinski definition) is 3. The second-order valence-electron chi connectivity index (χ2n) is 4.81. The zero-order valence-electron chi connectivity index (χ0n) is 12.0. The number of halogens is 1. The van der Waals surface area contributed by atoms with E-state index in [1.807, 2.05) is 16.7 Å². The molecule has 1 heterocycles. The first-order valence-electron chi connectivity index (χ1n) is 6.89. The average Bonchev–Trinajstić information content (AvgIpc) is 2.77. The fourth-order valence-electron chi connectivity index (χ4n) is 2.39. The first-order chi connectivity index (χ1) is 10.2. The lowest BCUT2D eigenvalue weighted by molar-refractivity contribution is 0.267. The molecule has 112 valence electrons. The Bertz CT molecular complexity index is 626. The third kappa shape index (κ3) is 3.56. The van der Waals surface area contributed by atoms with Gasteiger partial charge in [-0.1, -0.05) is 12.2 Å². The van der Waals surface area contributed by atoms with Gasteiger partial charge in [-0.25, -0.2) is 9.37 Å². The molecule has 0 saturated heterocycles. The minimum Gasteiger partial charge on any atom is -0.395 e. The number of imidazole rings is 1. The molecule has 4 nitrogen and oxygen atoms in total. The molecule has 0 bridgehead atoms. The Hall–Kier alpha value is -1.98. The van der Waals surface area contributed by atoms with Gasteiger partial charge in [0.1, 0.15) is 11.6 Å². The van der Waals surface area contributed by atoms with Crippen LogP contribution in [0.5, 0.6) is 0 Å². The monoisotopic (exact) mass is 289 g/mol. The Morgan fingerprint density at radius 2 is 2.00 bits per heavy atom. The Morgan fingerprint density at radius 3 is 2.62 bits per heavy atom. The maximum atomic E-state index is 13.3. The molecule has 0 aliphatic carbocycles. The SMILES string of the molecule is C=CCN(CC=C)Cc1nc2cc(F)ccc2n1CCO. The van der Waals surface area contributed by atoms with E-state index in [0.29, 0.717) is 31.7 Å². The van der Waals surface area contributed by atoms with Crippen LogP contribution >= 0.6 is 0 Å². The highest BCUT2D eigenvalue weighted by molar-refractivity contribution is 5.76. The zero-order chi connectivity index (χ0) is 15.2. The van der Waals surface area contributed by atoms with E-state index in [-0.39, 0.29) is 12.4 Å². The van der Waals surface area contributed by atoms with Gasteiger partial charge < -0.3 is 9.67 Å². The first-order valence-corrected chi connectivity index (χ1v) is 6.89. The molecule has 0 radical (unpaired) electrons. The second-order valence-corrected chi connectivity index (χ2v) is 4.81. The van der Waals surface area contributed by atoms with Crippen LogP contribution in [0, 0.1) is 5.82 Å². The summed E-state index contributed by atoms with van der Waals surface area (Å²) < 4.78 is 15.3. The number of hydrogen-bond donors (Lipinski definition) is 1. The number of nitrogens with zero attached hydrogens (tertiary/aromatic N) is 3. The van der Waals surface area contributed by atoms with Crippen LogP contribution < -0.4 is 0 Å². The van der Waals surface area contributed by atoms with Gasteiger partial charge in [0.2, 0.25) is 0 Å². The molecule has 1 aromatic heterocycles. The van der Waals surface area contributed by atoms with E-state index in [1.54, 1.807) is 6.07 Å². The Balaban J connectivity index is 2.38. The van der Waals surface area contributed by atoms with Gasteiger partial charge >= 0.3 is 0 Å². The normalized spacial score (nSPS) is 11.2. The van der Waals surface area contributed by atoms with Crippen molar-refractivity contribution in [3.8, 4) is 0 Å². The van der Waals surface area contributed by atoms with Crippen molar-refractivity contribution in [1.29, 1.82) is 0 Å². The molecule has 2 aromatic rings. The van der Waals surface area contributed by atoms with Crippen LogP contribution in [0.4, 0.5) is 4.39 Å². The fraction of sp³-hybridized carbons (Fsp3) is 0.312. The summed E-state index contributed by atoms with van der Waals surface area (Å²) in [5, 5.41) is 9.25. The van der Waals surface area contributed by atoms with E-state index in [2.05, 4.69) is 23.0 Å². The lowest BCUT2D eigenvalue weighted by atomic mass is 10.3. The molecule has 0 unspecified atom stereocenters. The van der Waals surface area contributed by atoms with Crippen molar-refractivity contribution in [2.24, 2.45) is 0 Å². The van der Waals surface area contributed by atoms with Gasteiger partial charge in [0.05, 0.1) is 24.2 Å². The standard InChI is InChI=1S/C16H20FN3O/c1-3-7-19(8-4-2)12-16-18-14-11-13(17)5-6-15(14)20(16)9-10-21/h3-6,11,21H,1-2,7-10,12H2. The molecule has 0 atom stereocenters. The van der Waals surface area contributed by atoms with Crippen molar-refractivity contribution in [3.05, 3.63) is 55.2 Å². The third-order valence-corrected chi connectivity index (χ3v) is 3.25. The number of fused-ring (bicyclic) bond motifs is 1. The lowest BCUT2D eigenvalue weighted by Crippen LogP contribution is -2.25. The highest BCUT2D eigenvalue weighted by Gasteiger charge is 2.13. The van der Waals surface area contributed by atoms with Crippen LogP contribution in [0.1, 0.15) is 5.82 Å². The topological polar surface area (TPSA) is 41.3 Å². The fourth-order valence-corrected chi connectivity index (χ4v) is 2.39. The smallest absolute Gasteiger partial charge is 0.125 e. The van der Waals surface area contributed by atoms with Crippen LogP contribution in [0.3, 0.4) is 0 Å². The molecule has 2 rings (SSSR count). The molecule has 0 spiro atoms. The Labute approximate surface area is 123 Å². The van der Waals surface area contributed by atoms with E-state index in [0.717, 1.165) is 11.3 Å². The molecule has 5 heteroatoms. The molecule has 1 aromatic carbocycles. The summed E-state index contributed by atoms with van der Waals surface area (Å²) in [5.41, 5.74) is 1.44. The Kier molecular flexibility index (Phi) is 5.25. The lowest BCUT2D eigenvalue weighted by Gasteiger charge is -2.19. The number of benzene rings is 1. The highest BCUT2D eigenvalue weighted by Crippen LogP contribution is 2.18. The predicted molar refractivity (Wildman–Crippen MR) is 82.4 cm³/mol. The predicted octanol–water partition coefficient (Wildman–Crippen LogP) is 2.34. The van der Waals surface area contributed by atoms with Gasteiger partial charge in [0.15, 0.2) is 0 Å². The van der Waals surface area contributed by atoms with Gasteiger partial charge in [-0.2, -0.15) is 0 Å². The molecule has 0 saturated carbocycles. The van der Waals surface area contributed by atoms with Gasteiger partial charge in [-0.15, -0.1) is 13.2 Å². The van der Waals surface area contributed by atoms with Crippen molar-refractivity contribution in [2.75, 3.05) is 19.7 Å². The van der Waals surface area contributed by atoms with Gasteiger partial charge in [0.25, 0.3) is 0 Å². The molecule has 21 heavy (non-hydrogen) atoms. The maximum Gasteiger partial charge on any atom is 0.125 e. The van der Waals surface area contributed by atoms with Crippen molar-refractivity contribution >= 4 is 11.0 Å². The van der Waals surface area contributed by atoms with Crippen LogP contribution in [-0.4, -0.2) is 39.3 Å². The summed E-state index contributed by atoms with van der Waals surface area (Å²) in [7, 11) is 0. The zero-order valence-corrected chi connectivity index (χ0v) is 12.0. The van der Waals surface area contributed by atoms with Crippen molar-refractivity contribution in [3.63, 3.8) is 0 Å². The van der Waals surface area contributed by atoms with Gasteiger partial charge in [0, 0.05) is 25.7 Å². The molecular weight excluding hydrogens is 269 g/mol. The second kappa shape index (κ2) is 7.15. The molecule has 0 amide bonds. The van der Waals surface area contributed by atoms with Gasteiger partial charge in [-0.3, -0.25) is 4.90 Å². The molecule has 0 fully saturated rings. The summed E-state index contributed by atoms with van der Waals surface area (Å²) >= 11 is 0. The first kappa shape index (κ1) is 15.4. The minimum absolute atomic E-state index is 0.0127. The van der Waals surface area contributed by atoms with Crippen LogP contribution in [0.25, 0.3) is 11.0 Å². The summed E-state index contributed by atoms with van der Waals surface area (Å²) in [6, 6.07) is 4.52. The van der Waals surface area contributed by atoms with Crippen LogP contribution in [0.15, 0.2) is 43.5 Å². The highest BCUT2D eigenvalue weighted by atomic mass is 19.1. The van der Waals surface area contributed by atoms with Crippen molar-refractivity contribution in [2.45, 2.75) is 13.1 Å². The summed E-state index contributed by atoms with van der Waals surface area (Å²) in [6.45, 7) is 9.95. The van der Waals surface area contributed by atoms with Crippen molar-refractivity contribution in [1.82, 2.24) is 14.5 Å². The van der Waals surface area contributed by atoms with Crippen LogP contribution in [-0.2, 0) is 13.1 Å². The van der Waals surface area contributed by atoms with E-state index in [4.69, 9.17) is 0 Å². The minimum atomic E-state index is -0.309. The number of aliphatic hydroxyl groups is 1. The quantitative estimate of drug-likeness (QED) is 0.758. The number of aromatic nitrogens is 2. The number of rotatable bonds is 8. The van der Waals surface area contributed by atoms with Crippen molar-refractivity contribution < 1.29 is 9.50 Å². The third-order valence-electron chi connectivity index (χ3n) is 3.25. The van der Waals surface area contributed by atoms with Crippen LogP contribution in [0.2, 0.25) is 0 Å². The van der Waals surface area contributed by atoms with E-state index < -0.39 is 0 Å². The number of aliphatic hydroxyl groups excluding tert-OH is 1. The summed E-state index contributed by atoms with van der Waals surface area (Å²) in [6.07, 6.45) is 3.64. The summed E-state index contributed by atoms with van der Waals surface area (Å²) in [5.74, 6) is 0.491. The van der Waals surface area contributed by atoms with E-state index in [1.165, 1.54) is 12.1 Å².